The number of hydrogen-bond acceptors (Lipinski definition) is 3. The number of nitrogens with one attached hydrogen (secondary N) is 1. The Bertz CT molecular complexity index is 986. The van der Waals surface area contributed by atoms with Crippen molar-refractivity contribution in [2.45, 2.75) is 18.6 Å². The third-order valence-corrected chi connectivity index (χ3v) is 5.72. The lowest BCUT2D eigenvalue weighted by Crippen LogP contribution is -2.33. The summed E-state index contributed by atoms with van der Waals surface area (Å²) >= 11 is 7.04. The number of phenolic OH excluding ortho intramolecular Hbond substituents is 1. The summed E-state index contributed by atoms with van der Waals surface area (Å²) in [5.41, 5.74) is 4.09. The zero-order valence-corrected chi connectivity index (χ0v) is 17.6. The quantitative estimate of drug-likeness (QED) is 0.468. The van der Waals surface area contributed by atoms with Gasteiger partial charge in [0.1, 0.15) is 11.9 Å². The third-order valence-electron chi connectivity index (χ3n) is 4.70. The fourth-order valence-electron chi connectivity index (χ4n) is 3.35. The van der Waals surface area contributed by atoms with Gasteiger partial charge in [-0.15, -0.1) is 0 Å². The van der Waals surface area contributed by atoms with Gasteiger partial charge in [-0.3, -0.25) is 10.3 Å². The Kier molecular flexibility index (Phi) is 5.43. The zero-order chi connectivity index (χ0) is 18.8. The minimum atomic E-state index is -0.176. The minimum Gasteiger partial charge on any atom is -0.508 e. The molecule has 0 amide bonds. The van der Waals surface area contributed by atoms with Crippen LogP contribution in [0.3, 0.4) is 0 Å². The van der Waals surface area contributed by atoms with E-state index in [-0.39, 0.29) is 12.2 Å². The Labute approximate surface area is 175 Å². The van der Waals surface area contributed by atoms with Crippen molar-refractivity contribution in [1.29, 1.82) is 0 Å². The van der Waals surface area contributed by atoms with Crippen LogP contribution in [0.25, 0.3) is 0 Å². The average Bonchev–Trinajstić information content (AvgIpc) is 2.68. The van der Waals surface area contributed by atoms with Gasteiger partial charge < -0.3 is 5.11 Å². The first-order valence-corrected chi connectivity index (χ1v) is 10.3. The Hall–Kier alpha value is -1.95. The molecular formula is C22H18Br2N2O. The molecule has 0 bridgehead atoms. The highest BCUT2D eigenvalue weighted by molar-refractivity contribution is 9.10. The summed E-state index contributed by atoms with van der Waals surface area (Å²) in [7, 11) is 0. The Morgan fingerprint density at radius 3 is 2.41 bits per heavy atom. The molecule has 1 aliphatic rings. The standard InChI is InChI=1S/C22H18Br2N2O/c23-16-10-8-14(9-11-16)22-25-19(15-4-3-5-17(24)12-15)13-20(26-22)18-6-1-2-7-21(18)27/h1-12,20,22,26-27H,13H2/t20-,22+/m0/s1. The van der Waals surface area contributed by atoms with Gasteiger partial charge in [0.15, 0.2) is 0 Å². The van der Waals surface area contributed by atoms with E-state index in [9.17, 15) is 5.11 Å². The lowest BCUT2D eigenvalue weighted by Gasteiger charge is -2.31. The van der Waals surface area contributed by atoms with E-state index in [0.29, 0.717) is 12.2 Å². The summed E-state index contributed by atoms with van der Waals surface area (Å²) in [5.74, 6) is 0.306. The second-order valence-electron chi connectivity index (χ2n) is 6.52. The molecular weight excluding hydrogens is 468 g/mol. The Morgan fingerprint density at radius 1 is 0.889 bits per heavy atom. The number of aromatic hydroxyl groups is 1. The van der Waals surface area contributed by atoms with Gasteiger partial charge in [-0.25, -0.2) is 0 Å². The number of rotatable bonds is 3. The molecule has 0 fully saturated rings. The van der Waals surface area contributed by atoms with Gasteiger partial charge >= 0.3 is 0 Å². The van der Waals surface area contributed by atoms with Crippen LogP contribution < -0.4 is 5.32 Å². The number of halogens is 2. The van der Waals surface area contributed by atoms with Gasteiger partial charge in [0.05, 0.1) is 0 Å². The topological polar surface area (TPSA) is 44.6 Å². The number of phenols is 1. The Balaban J connectivity index is 1.76. The van der Waals surface area contributed by atoms with Crippen LogP contribution in [0.5, 0.6) is 5.75 Å². The van der Waals surface area contributed by atoms with Gasteiger partial charge in [-0.05, 0) is 41.5 Å². The van der Waals surface area contributed by atoms with Gasteiger partial charge in [-0.1, -0.05) is 74.3 Å². The summed E-state index contributed by atoms with van der Waals surface area (Å²) in [6.07, 6.45) is 0.534. The first kappa shape index (κ1) is 18.4. The predicted octanol–water partition coefficient (Wildman–Crippen LogP) is 6.14. The van der Waals surface area contributed by atoms with Crippen LogP contribution in [0.15, 0.2) is 86.7 Å². The number of nitrogens with zero attached hydrogens (tertiary/aromatic N) is 1. The van der Waals surface area contributed by atoms with E-state index in [0.717, 1.165) is 31.3 Å². The molecule has 1 aliphatic heterocycles. The van der Waals surface area contributed by atoms with E-state index in [2.05, 4.69) is 61.4 Å². The summed E-state index contributed by atoms with van der Waals surface area (Å²) in [4.78, 5) is 4.99. The normalized spacial score (nSPS) is 19.6. The van der Waals surface area contributed by atoms with Crippen LogP contribution in [0.1, 0.15) is 35.3 Å². The van der Waals surface area contributed by atoms with Crippen molar-refractivity contribution in [1.82, 2.24) is 5.32 Å². The fraction of sp³-hybridized carbons (Fsp3) is 0.136. The van der Waals surface area contributed by atoms with Gasteiger partial charge in [0.25, 0.3) is 0 Å². The number of para-hydroxylation sites is 1. The highest BCUT2D eigenvalue weighted by atomic mass is 79.9. The molecule has 136 valence electrons. The first-order valence-electron chi connectivity index (χ1n) is 8.72. The largest absolute Gasteiger partial charge is 0.508 e. The molecule has 0 aromatic heterocycles. The molecule has 27 heavy (non-hydrogen) atoms. The van der Waals surface area contributed by atoms with E-state index in [4.69, 9.17) is 4.99 Å². The lowest BCUT2D eigenvalue weighted by molar-refractivity contribution is 0.412. The molecule has 0 aliphatic carbocycles. The van der Waals surface area contributed by atoms with Crippen molar-refractivity contribution in [3.8, 4) is 5.75 Å². The van der Waals surface area contributed by atoms with E-state index < -0.39 is 0 Å². The smallest absolute Gasteiger partial charge is 0.126 e. The molecule has 4 rings (SSSR count). The summed E-state index contributed by atoms with van der Waals surface area (Å²) in [6.45, 7) is 0. The predicted molar refractivity (Wildman–Crippen MR) is 116 cm³/mol. The highest BCUT2D eigenvalue weighted by Gasteiger charge is 2.27. The fourth-order valence-corrected chi connectivity index (χ4v) is 4.01. The molecule has 5 heteroatoms. The van der Waals surface area contributed by atoms with Crippen LogP contribution in [0.2, 0.25) is 0 Å². The number of hydrogen-bond donors (Lipinski definition) is 2. The summed E-state index contributed by atoms with van der Waals surface area (Å²) in [6, 6.07) is 23.9. The maximum absolute atomic E-state index is 10.4. The molecule has 1 heterocycles. The molecule has 0 spiro atoms. The van der Waals surface area contributed by atoms with Crippen LogP contribution >= 0.6 is 31.9 Å². The molecule has 0 saturated heterocycles. The minimum absolute atomic E-state index is 0.0219. The van der Waals surface area contributed by atoms with E-state index in [1.165, 1.54) is 0 Å². The zero-order valence-electron chi connectivity index (χ0n) is 14.4. The van der Waals surface area contributed by atoms with Crippen molar-refractivity contribution in [2.75, 3.05) is 0 Å². The third kappa shape index (κ3) is 4.15. The lowest BCUT2D eigenvalue weighted by atomic mass is 9.93. The van der Waals surface area contributed by atoms with Gasteiger partial charge in [0.2, 0.25) is 0 Å². The van der Waals surface area contributed by atoms with E-state index in [1.54, 1.807) is 6.07 Å². The van der Waals surface area contributed by atoms with Crippen molar-refractivity contribution >= 4 is 37.6 Å². The Morgan fingerprint density at radius 2 is 1.67 bits per heavy atom. The van der Waals surface area contributed by atoms with Crippen LogP contribution in [-0.4, -0.2) is 10.8 Å². The SMILES string of the molecule is Oc1ccccc1[C@@H]1CC(c2cccc(Br)c2)=N[C@@H](c2ccc(Br)cc2)N1. The molecule has 0 unspecified atom stereocenters. The monoisotopic (exact) mass is 484 g/mol. The average molecular weight is 486 g/mol. The van der Waals surface area contributed by atoms with Crippen LogP contribution in [0.4, 0.5) is 0 Å². The van der Waals surface area contributed by atoms with E-state index in [1.807, 2.05) is 42.5 Å². The van der Waals surface area contributed by atoms with Crippen molar-refractivity contribution in [3.63, 3.8) is 0 Å². The molecule has 3 nitrogen and oxygen atoms in total. The van der Waals surface area contributed by atoms with Crippen molar-refractivity contribution in [2.24, 2.45) is 4.99 Å². The molecule has 3 aromatic carbocycles. The molecule has 2 atom stereocenters. The molecule has 0 radical (unpaired) electrons. The van der Waals surface area contributed by atoms with Crippen LogP contribution in [0, 0.1) is 0 Å². The second kappa shape index (κ2) is 7.97. The first-order chi connectivity index (χ1) is 13.1. The molecule has 3 aromatic rings. The molecule has 2 N–H and O–H groups in total. The van der Waals surface area contributed by atoms with Gasteiger partial charge in [0, 0.05) is 32.7 Å². The number of aliphatic imine (C=N–C) groups is 1. The summed E-state index contributed by atoms with van der Waals surface area (Å²) in [5, 5.41) is 13.9. The summed E-state index contributed by atoms with van der Waals surface area (Å²) < 4.78 is 2.07. The maximum Gasteiger partial charge on any atom is 0.126 e. The van der Waals surface area contributed by atoms with E-state index >= 15 is 0 Å². The number of benzene rings is 3. The van der Waals surface area contributed by atoms with Crippen molar-refractivity contribution < 1.29 is 5.11 Å². The second-order valence-corrected chi connectivity index (χ2v) is 8.35. The van der Waals surface area contributed by atoms with Gasteiger partial charge in [-0.2, -0.15) is 0 Å². The maximum atomic E-state index is 10.4. The highest BCUT2D eigenvalue weighted by Crippen LogP contribution is 2.34. The van der Waals surface area contributed by atoms with Crippen molar-refractivity contribution in [3.05, 3.63) is 98.4 Å². The molecule has 0 saturated carbocycles. The van der Waals surface area contributed by atoms with Crippen LogP contribution in [-0.2, 0) is 0 Å².